The van der Waals surface area contributed by atoms with Crippen molar-refractivity contribution in [3.63, 3.8) is 0 Å². The van der Waals surface area contributed by atoms with Gasteiger partial charge in [-0.05, 0) is 96.4 Å². The Morgan fingerprint density at radius 3 is 1.23 bits per heavy atom. The van der Waals surface area contributed by atoms with E-state index in [1.54, 1.807) is 0 Å². The van der Waals surface area contributed by atoms with Gasteiger partial charge in [-0.15, -0.1) is 0 Å². The quantitative estimate of drug-likeness (QED) is 0.165. The Morgan fingerprint density at radius 2 is 0.607 bits per heavy atom. The van der Waals surface area contributed by atoms with Crippen molar-refractivity contribution in [3.8, 4) is 78.7 Å². The first-order chi connectivity index (χ1) is 27.7. The van der Waals surface area contributed by atoms with Crippen LogP contribution in [0, 0.1) is 0 Å². The Labute approximate surface area is 326 Å². The summed E-state index contributed by atoms with van der Waals surface area (Å²) in [5.41, 5.74) is 12.1. The van der Waals surface area contributed by atoms with Crippen LogP contribution in [0.1, 0.15) is 0 Å². The maximum atomic E-state index is 5.12. The number of fused-ring (bicyclic) bond motifs is 2. The Kier molecular flexibility index (Phi) is 8.51. The highest BCUT2D eigenvalue weighted by Gasteiger charge is 2.14. The Morgan fingerprint density at radius 1 is 0.214 bits per heavy atom. The van der Waals surface area contributed by atoms with Crippen molar-refractivity contribution >= 4 is 21.5 Å². The minimum Gasteiger partial charge on any atom is -0.208 e. The van der Waals surface area contributed by atoms with Crippen LogP contribution in [0.25, 0.3) is 100 Å². The monoisotopic (exact) mass is 713 g/mol. The summed E-state index contributed by atoms with van der Waals surface area (Å²) in [4.78, 5) is 15.2. The molecular formula is C53H35N3. The second kappa shape index (κ2) is 14.4. The predicted octanol–water partition coefficient (Wildman–Crippen LogP) is 13.8. The molecule has 0 spiro atoms. The van der Waals surface area contributed by atoms with E-state index in [4.69, 9.17) is 15.0 Å². The summed E-state index contributed by atoms with van der Waals surface area (Å²) in [5, 5.41) is 4.92. The van der Waals surface area contributed by atoms with Crippen LogP contribution >= 0.6 is 0 Å². The highest BCUT2D eigenvalue weighted by atomic mass is 15.0. The molecule has 0 unspecified atom stereocenters. The van der Waals surface area contributed by atoms with Gasteiger partial charge in [0.05, 0.1) is 0 Å². The molecule has 0 saturated carbocycles. The lowest BCUT2D eigenvalue weighted by molar-refractivity contribution is 1.07. The first-order valence-electron chi connectivity index (χ1n) is 18.9. The van der Waals surface area contributed by atoms with Crippen molar-refractivity contribution in [2.45, 2.75) is 0 Å². The number of nitrogens with zero attached hydrogens (tertiary/aromatic N) is 3. The Balaban J connectivity index is 1.01. The molecule has 10 aromatic rings. The van der Waals surface area contributed by atoms with E-state index in [-0.39, 0.29) is 0 Å². The zero-order valence-electron chi connectivity index (χ0n) is 30.5. The van der Waals surface area contributed by atoms with E-state index in [0.717, 1.165) is 38.9 Å². The summed E-state index contributed by atoms with van der Waals surface area (Å²) in [6.45, 7) is 0. The Hall–Kier alpha value is -7.49. The van der Waals surface area contributed by atoms with Gasteiger partial charge in [-0.25, -0.2) is 15.0 Å². The summed E-state index contributed by atoms with van der Waals surface area (Å²) in [5.74, 6) is 1.90. The van der Waals surface area contributed by atoms with Crippen LogP contribution in [0.15, 0.2) is 212 Å². The molecule has 0 amide bonds. The minimum absolute atomic E-state index is 0.632. The fourth-order valence-corrected chi connectivity index (χ4v) is 7.61. The molecule has 262 valence electrons. The molecule has 0 radical (unpaired) electrons. The maximum Gasteiger partial charge on any atom is 0.164 e. The Bertz CT molecular complexity index is 3020. The van der Waals surface area contributed by atoms with Crippen molar-refractivity contribution < 1.29 is 0 Å². The SMILES string of the molecule is c1ccc(-c2cccc(-c3cccc(-c4nc(-c5ccccc5)nc(-c5cccc(-c6ccc7cc(-c8cccc9ccccc89)ccc7c6)c5)n4)c3)c2)cc1. The predicted molar refractivity (Wildman–Crippen MR) is 233 cm³/mol. The maximum absolute atomic E-state index is 5.12. The van der Waals surface area contributed by atoms with E-state index in [1.807, 2.05) is 36.4 Å². The summed E-state index contributed by atoms with van der Waals surface area (Å²) in [6.07, 6.45) is 0. The standard InChI is InChI=1S/C53H35N3/c1-3-13-36(14-4-1)39-19-9-20-40(31-39)41-21-10-23-47(34-41)52-54-51(38-16-5-2-6-17-38)55-53(56-52)48-24-11-22-42(35-48)43-27-28-45-33-46(30-29-44(45)32-43)50-26-12-18-37-15-7-8-25-49(37)50/h1-35H. The molecule has 0 fully saturated rings. The normalized spacial score (nSPS) is 11.2. The summed E-state index contributed by atoms with van der Waals surface area (Å²) in [7, 11) is 0. The van der Waals surface area contributed by atoms with E-state index in [0.29, 0.717) is 17.5 Å². The van der Waals surface area contributed by atoms with Crippen LogP contribution in [0.2, 0.25) is 0 Å². The molecule has 1 heterocycles. The van der Waals surface area contributed by atoms with Gasteiger partial charge in [-0.3, -0.25) is 0 Å². The third kappa shape index (κ3) is 6.52. The van der Waals surface area contributed by atoms with Crippen molar-refractivity contribution in [1.29, 1.82) is 0 Å². The zero-order chi connectivity index (χ0) is 37.3. The number of benzene rings is 9. The lowest BCUT2D eigenvalue weighted by Crippen LogP contribution is -2.00. The van der Waals surface area contributed by atoms with Crippen LogP contribution < -0.4 is 0 Å². The average Bonchev–Trinajstić information content (AvgIpc) is 3.29. The minimum atomic E-state index is 0.632. The van der Waals surface area contributed by atoms with Crippen LogP contribution in [0.3, 0.4) is 0 Å². The van der Waals surface area contributed by atoms with Gasteiger partial charge in [0.1, 0.15) is 0 Å². The van der Waals surface area contributed by atoms with Gasteiger partial charge in [0.2, 0.25) is 0 Å². The molecule has 9 aromatic carbocycles. The highest BCUT2D eigenvalue weighted by molar-refractivity contribution is 5.99. The van der Waals surface area contributed by atoms with Gasteiger partial charge in [-0.1, -0.05) is 182 Å². The summed E-state index contributed by atoms with van der Waals surface area (Å²) >= 11 is 0. The second-order valence-corrected chi connectivity index (χ2v) is 14.1. The van der Waals surface area contributed by atoms with Crippen LogP contribution in [-0.2, 0) is 0 Å². The van der Waals surface area contributed by atoms with Gasteiger partial charge in [0.25, 0.3) is 0 Å². The van der Waals surface area contributed by atoms with E-state index in [1.165, 1.54) is 43.8 Å². The first-order valence-corrected chi connectivity index (χ1v) is 18.9. The molecule has 1 aromatic heterocycles. The number of aromatic nitrogens is 3. The molecular weight excluding hydrogens is 679 g/mol. The molecule has 0 aliphatic rings. The van der Waals surface area contributed by atoms with E-state index in [2.05, 4.69) is 176 Å². The van der Waals surface area contributed by atoms with Gasteiger partial charge in [0, 0.05) is 16.7 Å². The first kappa shape index (κ1) is 33.1. The van der Waals surface area contributed by atoms with E-state index in [9.17, 15) is 0 Å². The molecule has 0 bridgehead atoms. The second-order valence-electron chi connectivity index (χ2n) is 14.1. The van der Waals surface area contributed by atoms with Gasteiger partial charge in [-0.2, -0.15) is 0 Å². The molecule has 56 heavy (non-hydrogen) atoms. The third-order valence-corrected chi connectivity index (χ3v) is 10.5. The van der Waals surface area contributed by atoms with Crippen LogP contribution in [0.5, 0.6) is 0 Å². The number of hydrogen-bond acceptors (Lipinski definition) is 3. The van der Waals surface area contributed by atoms with Crippen molar-refractivity contribution in [1.82, 2.24) is 15.0 Å². The number of hydrogen-bond donors (Lipinski definition) is 0. The molecule has 10 rings (SSSR count). The van der Waals surface area contributed by atoms with E-state index >= 15 is 0 Å². The molecule has 0 saturated heterocycles. The smallest absolute Gasteiger partial charge is 0.164 e. The molecule has 3 heteroatoms. The van der Waals surface area contributed by atoms with Gasteiger partial charge < -0.3 is 0 Å². The summed E-state index contributed by atoms with van der Waals surface area (Å²) < 4.78 is 0. The molecule has 3 nitrogen and oxygen atoms in total. The third-order valence-electron chi connectivity index (χ3n) is 10.5. The van der Waals surface area contributed by atoms with Gasteiger partial charge in [0.15, 0.2) is 17.5 Å². The zero-order valence-corrected chi connectivity index (χ0v) is 30.5. The molecule has 0 aliphatic heterocycles. The van der Waals surface area contributed by atoms with Gasteiger partial charge >= 0.3 is 0 Å². The fraction of sp³-hybridized carbons (Fsp3) is 0. The molecule has 0 N–H and O–H groups in total. The average molecular weight is 714 g/mol. The van der Waals surface area contributed by atoms with Crippen LogP contribution in [-0.4, -0.2) is 15.0 Å². The topological polar surface area (TPSA) is 38.7 Å². The highest BCUT2D eigenvalue weighted by Crippen LogP contribution is 2.35. The van der Waals surface area contributed by atoms with E-state index < -0.39 is 0 Å². The number of rotatable bonds is 7. The van der Waals surface area contributed by atoms with Crippen molar-refractivity contribution in [2.75, 3.05) is 0 Å². The lowest BCUT2D eigenvalue weighted by atomic mass is 9.94. The molecule has 0 aliphatic carbocycles. The van der Waals surface area contributed by atoms with Crippen molar-refractivity contribution in [3.05, 3.63) is 212 Å². The molecule has 0 atom stereocenters. The lowest BCUT2D eigenvalue weighted by Gasteiger charge is -2.12. The summed E-state index contributed by atoms with van der Waals surface area (Å²) in [6, 6.07) is 74.8. The van der Waals surface area contributed by atoms with Crippen molar-refractivity contribution in [2.24, 2.45) is 0 Å². The fourth-order valence-electron chi connectivity index (χ4n) is 7.61. The largest absolute Gasteiger partial charge is 0.208 e. The van der Waals surface area contributed by atoms with Crippen LogP contribution in [0.4, 0.5) is 0 Å².